The van der Waals surface area contributed by atoms with E-state index >= 15 is 0 Å². The Morgan fingerprint density at radius 3 is 3.08 bits per heavy atom. The van der Waals surface area contributed by atoms with Gasteiger partial charge in [0, 0.05) is 18.0 Å². The molecule has 12 heavy (non-hydrogen) atoms. The number of nitrogens with zero attached hydrogens (tertiary/aromatic N) is 2. The SMILES string of the molecule is Nc1nccn1Cc1ccoc1. The summed E-state index contributed by atoms with van der Waals surface area (Å²) in [7, 11) is 0. The van der Waals surface area contributed by atoms with Crippen molar-refractivity contribution in [2.45, 2.75) is 6.54 Å². The topological polar surface area (TPSA) is 57.0 Å². The Bertz CT molecular complexity index is 350. The van der Waals surface area contributed by atoms with Crippen molar-refractivity contribution in [3.8, 4) is 0 Å². The van der Waals surface area contributed by atoms with E-state index in [1.54, 1.807) is 18.7 Å². The summed E-state index contributed by atoms with van der Waals surface area (Å²) in [5.74, 6) is 0.524. The molecule has 2 aromatic rings. The van der Waals surface area contributed by atoms with Crippen molar-refractivity contribution in [2.24, 2.45) is 0 Å². The van der Waals surface area contributed by atoms with Gasteiger partial charge < -0.3 is 14.7 Å². The highest BCUT2D eigenvalue weighted by molar-refractivity contribution is 5.19. The number of nitrogen functional groups attached to an aromatic ring is 1. The van der Waals surface area contributed by atoms with Crippen LogP contribution in [-0.2, 0) is 6.54 Å². The maximum atomic E-state index is 5.58. The van der Waals surface area contributed by atoms with Gasteiger partial charge in [-0.2, -0.15) is 0 Å². The lowest BCUT2D eigenvalue weighted by Crippen LogP contribution is -2.02. The van der Waals surface area contributed by atoms with E-state index in [4.69, 9.17) is 10.2 Å². The average Bonchev–Trinajstić information content (AvgIpc) is 2.65. The monoisotopic (exact) mass is 163 g/mol. The minimum atomic E-state index is 0.524. The van der Waals surface area contributed by atoms with E-state index in [-0.39, 0.29) is 0 Å². The lowest BCUT2D eigenvalue weighted by molar-refractivity contribution is 0.562. The summed E-state index contributed by atoms with van der Waals surface area (Å²) in [6.45, 7) is 0.711. The molecule has 0 saturated heterocycles. The van der Waals surface area contributed by atoms with Crippen molar-refractivity contribution in [3.05, 3.63) is 36.5 Å². The molecule has 0 aromatic carbocycles. The van der Waals surface area contributed by atoms with Gasteiger partial charge in [0.25, 0.3) is 0 Å². The van der Waals surface area contributed by atoms with Crippen molar-refractivity contribution in [1.29, 1.82) is 0 Å². The molecule has 0 aliphatic rings. The van der Waals surface area contributed by atoms with Crippen LogP contribution in [0.3, 0.4) is 0 Å². The quantitative estimate of drug-likeness (QED) is 0.721. The fourth-order valence-electron chi connectivity index (χ4n) is 1.05. The molecule has 0 bridgehead atoms. The van der Waals surface area contributed by atoms with Gasteiger partial charge >= 0.3 is 0 Å². The number of rotatable bonds is 2. The van der Waals surface area contributed by atoms with Crippen molar-refractivity contribution in [2.75, 3.05) is 5.73 Å². The normalized spacial score (nSPS) is 10.3. The third-order valence-corrected chi connectivity index (χ3v) is 1.68. The summed E-state index contributed by atoms with van der Waals surface area (Å²) in [6.07, 6.45) is 6.85. The zero-order chi connectivity index (χ0) is 8.39. The van der Waals surface area contributed by atoms with Crippen molar-refractivity contribution in [3.63, 3.8) is 0 Å². The molecule has 62 valence electrons. The van der Waals surface area contributed by atoms with E-state index in [0.717, 1.165) is 5.56 Å². The summed E-state index contributed by atoms with van der Waals surface area (Å²) in [5.41, 5.74) is 6.66. The van der Waals surface area contributed by atoms with Crippen LogP contribution < -0.4 is 5.73 Å². The van der Waals surface area contributed by atoms with Crippen LogP contribution in [0.25, 0.3) is 0 Å². The minimum absolute atomic E-state index is 0.524. The fraction of sp³-hybridized carbons (Fsp3) is 0.125. The number of furan rings is 1. The Labute approximate surface area is 69.6 Å². The summed E-state index contributed by atoms with van der Waals surface area (Å²) < 4.78 is 6.78. The third-order valence-electron chi connectivity index (χ3n) is 1.68. The molecule has 2 aromatic heterocycles. The second-order valence-corrected chi connectivity index (χ2v) is 2.54. The summed E-state index contributed by atoms with van der Waals surface area (Å²) >= 11 is 0. The molecular weight excluding hydrogens is 154 g/mol. The number of imidazole rings is 1. The molecule has 0 amide bonds. The van der Waals surface area contributed by atoms with Crippen LogP contribution in [0, 0.1) is 0 Å². The molecule has 0 fully saturated rings. The van der Waals surface area contributed by atoms with E-state index in [9.17, 15) is 0 Å². The molecule has 4 nitrogen and oxygen atoms in total. The Morgan fingerprint density at radius 1 is 1.58 bits per heavy atom. The molecule has 4 heteroatoms. The second-order valence-electron chi connectivity index (χ2n) is 2.54. The Morgan fingerprint density at radius 2 is 2.50 bits per heavy atom. The molecule has 0 spiro atoms. The zero-order valence-electron chi connectivity index (χ0n) is 6.47. The van der Waals surface area contributed by atoms with Gasteiger partial charge in [-0.3, -0.25) is 0 Å². The van der Waals surface area contributed by atoms with Gasteiger partial charge in [-0.1, -0.05) is 0 Å². The summed E-state index contributed by atoms with van der Waals surface area (Å²) in [4.78, 5) is 3.91. The van der Waals surface area contributed by atoms with Crippen LogP contribution in [0.5, 0.6) is 0 Å². The molecule has 0 atom stereocenters. The second kappa shape index (κ2) is 2.73. The maximum Gasteiger partial charge on any atom is 0.200 e. The maximum absolute atomic E-state index is 5.58. The van der Waals surface area contributed by atoms with Crippen LogP contribution in [-0.4, -0.2) is 9.55 Å². The lowest BCUT2D eigenvalue weighted by atomic mass is 10.3. The molecule has 0 aliphatic carbocycles. The van der Waals surface area contributed by atoms with Gasteiger partial charge in [0.1, 0.15) is 0 Å². The van der Waals surface area contributed by atoms with E-state index in [1.807, 2.05) is 16.8 Å². The molecule has 2 N–H and O–H groups in total. The first kappa shape index (κ1) is 6.97. The van der Waals surface area contributed by atoms with Gasteiger partial charge in [-0.25, -0.2) is 4.98 Å². The van der Waals surface area contributed by atoms with Crippen LogP contribution in [0.2, 0.25) is 0 Å². The first-order chi connectivity index (χ1) is 5.86. The number of anilines is 1. The van der Waals surface area contributed by atoms with Gasteiger partial charge in [-0.15, -0.1) is 0 Å². The van der Waals surface area contributed by atoms with Gasteiger partial charge in [-0.05, 0) is 6.07 Å². The number of hydrogen-bond donors (Lipinski definition) is 1. The van der Waals surface area contributed by atoms with Gasteiger partial charge in [0.2, 0.25) is 0 Å². The van der Waals surface area contributed by atoms with Crippen molar-refractivity contribution in [1.82, 2.24) is 9.55 Å². The van der Waals surface area contributed by atoms with E-state index in [2.05, 4.69) is 4.98 Å². The van der Waals surface area contributed by atoms with Crippen molar-refractivity contribution < 1.29 is 4.42 Å². The van der Waals surface area contributed by atoms with Crippen LogP contribution in [0.1, 0.15) is 5.56 Å². The summed E-state index contributed by atoms with van der Waals surface area (Å²) in [5, 5.41) is 0. The molecule has 0 radical (unpaired) electrons. The average molecular weight is 163 g/mol. The Kier molecular flexibility index (Phi) is 1.59. The van der Waals surface area contributed by atoms with Crippen LogP contribution in [0.4, 0.5) is 5.95 Å². The predicted molar refractivity (Wildman–Crippen MR) is 44.4 cm³/mol. The van der Waals surface area contributed by atoms with E-state index < -0.39 is 0 Å². The van der Waals surface area contributed by atoms with Crippen LogP contribution in [0.15, 0.2) is 35.4 Å². The smallest absolute Gasteiger partial charge is 0.200 e. The highest BCUT2D eigenvalue weighted by Crippen LogP contribution is 2.06. The van der Waals surface area contributed by atoms with Crippen molar-refractivity contribution >= 4 is 5.95 Å². The highest BCUT2D eigenvalue weighted by Gasteiger charge is 1.99. The molecule has 0 saturated carbocycles. The fourth-order valence-corrected chi connectivity index (χ4v) is 1.05. The molecular formula is C8H9N3O. The number of nitrogens with two attached hydrogens (primary N) is 1. The van der Waals surface area contributed by atoms with Gasteiger partial charge in [0.15, 0.2) is 5.95 Å². The Hall–Kier alpha value is -1.71. The lowest BCUT2D eigenvalue weighted by Gasteiger charge is -2.00. The molecule has 2 rings (SSSR count). The predicted octanol–water partition coefficient (Wildman–Crippen LogP) is 1.11. The highest BCUT2D eigenvalue weighted by atomic mass is 16.3. The van der Waals surface area contributed by atoms with Gasteiger partial charge in [0.05, 0.1) is 19.1 Å². The van der Waals surface area contributed by atoms with E-state index in [0.29, 0.717) is 12.5 Å². The first-order valence-corrected chi connectivity index (χ1v) is 3.64. The standard InChI is InChI=1S/C8H9N3O/c9-8-10-2-3-11(8)5-7-1-4-12-6-7/h1-4,6H,5H2,(H2,9,10). The molecule has 0 unspecified atom stereocenters. The number of aromatic nitrogens is 2. The number of hydrogen-bond acceptors (Lipinski definition) is 3. The largest absolute Gasteiger partial charge is 0.472 e. The third kappa shape index (κ3) is 1.18. The zero-order valence-corrected chi connectivity index (χ0v) is 6.47. The van der Waals surface area contributed by atoms with E-state index in [1.165, 1.54) is 0 Å². The van der Waals surface area contributed by atoms with Crippen LogP contribution >= 0.6 is 0 Å². The Balaban J connectivity index is 2.20. The first-order valence-electron chi connectivity index (χ1n) is 3.64. The summed E-state index contributed by atoms with van der Waals surface area (Å²) in [6, 6.07) is 1.90. The molecule has 0 aliphatic heterocycles. The molecule has 2 heterocycles. The minimum Gasteiger partial charge on any atom is -0.472 e.